The van der Waals surface area contributed by atoms with Crippen molar-refractivity contribution >= 4 is 12.0 Å². The molecule has 6 heteroatoms. The van der Waals surface area contributed by atoms with E-state index < -0.39 is 5.97 Å². The van der Waals surface area contributed by atoms with Gasteiger partial charge in [0.05, 0.1) is 12.6 Å². The number of carboxylic acid groups (broad SMARTS) is 1. The average Bonchev–Trinajstić information content (AvgIpc) is 2.55. The number of amides is 2. The molecule has 1 saturated carbocycles. The second-order valence-corrected chi connectivity index (χ2v) is 6.85. The number of carboxylic acids is 1. The van der Waals surface area contributed by atoms with Gasteiger partial charge in [-0.3, -0.25) is 4.79 Å². The van der Waals surface area contributed by atoms with Crippen molar-refractivity contribution in [3.05, 3.63) is 35.9 Å². The first-order valence-corrected chi connectivity index (χ1v) is 9.00. The topological polar surface area (TPSA) is 98.7 Å². The maximum Gasteiger partial charge on any atom is 0.315 e. The number of rotatable bonds is 10. The number of nitrogens with one attached hydrogen (secondary N) is 2. The fourth-order valence-corrected chi connectivity index (χ4v) is 3.14. The van der Waals surface area contributed by atoms with E-state index in [0.29, 0.717) is 18.8 Å². The Morgan fingerprint density at radius 2 is 1.80 bits per heavy atom. The van der Waals surface area contributed by atoms with Gasteiger partial charge in [0.15, 0.2) is 0 Å². The second-order valence-electron chi connectivity index (χ2n) is 6.85. The third-order valence-corrected chi connectivity index (χ3v) is 4.77. The zero-order valence-corrected chi connectivity index (χ0v) is 14.5. The van der Waals surface area contributed by atoms with Crippen LogP contribution in [-0.4, -0.2) is 40.9 Å². The summed E-state index contributed by atoms with van der Waals surface area (Å²) in [5, 5.41) is 24.1. The summed E-state index contributed by atoms with van der Waals surface area (Å²) >= 11 is 0. The molecular formula is C19H28N2O4. The Labute approximate surface area is 148 Å². The van der Waals surface area contributed by atoms with Gasteiger partial charge in [-0.2, -0.15) is 0 Å². The third kappa shape index (κ3) is 7.13. The summed E-state index contributed by atoms with van der Waals surface area (Å²) in [4.78, 5) is 23.1. The molecule has 2 rings (SSSR count). The Kier molecular flexibility index (Phi) is 7.73. The molecule has 138 valence electrons. The lowest BCUT2D eigenvalue weighted by molar-refractivity contribution is -0.137. The molecule has 1 fully saturated rings. The minimum absolute atomic E-state index is 0.00326. The highest BCUT2D eigenvalue weighted by molar-refractivity contribution is 5.74. The van der Waals surface area contributed by atoms with Gasteiger partial charge in [-0.15, -0.1) is 0 Å². The van der Waals surface area contributed by atoms with Crippen molar-refractivity contribution in [2.24, 2.45) is 5.92 Å². The van der Waals surface area contributed by atoms with Gasteiger partial charge >= 0.3 is 12.0 Å². The SMILES string of the molecule is O=C(O)CCC(Cc1ccccc1)NC(=O)NC(CO)CC1CCC1. The molecule has 4 N–H and O–H groups in total. The van der Waals surface area contributed by atoms with Gasteiger partial charge in [0.25, 0.3) is 0 Å². The molecule has 6 nitrogen and oxygen atoms in total. The van der Waals surface area contributed by atoms with E-state index in [9.17, 15) is 14.7 Å². The van der Waals surface area contributed by atoms with Gasteiger partial charge in [0, 0.05) is 12.5 Å². The van der Waals surface area contributed by atoms with Gasteiger partial charge in [-0.1, -0.05) is 49.6 Å². The molecule has 0 radical (unpaired) electrons. The van der Waals surface area contributed by atoms with Gasteiger partial charge in [-0.05, 0) is 30.7 Å². The monoisotopic (exact) mass is 348 g/mol. The van der Waals surface area contributed by atoms with Crippen LogP contribution in [0.15, 0.2) is 30.3 Å². The second kappa shape index (κ2) is 10.0. The molecular weight excluding hydrogens is 320 g/mol. The van der Waals surface area contributed by atoms with Crippen LogP contribution in [0, 0.1) is 5.92 Å². The smallest absolute Gasteiger partial charge is 0.315 e. The van der Waals surface area contributed by atoms with Crippen LogP contribution in [0.5, 0.6) is 0 Å². The highest BCUT2D eigenvalue weighted by Gasteiger charge is 2.23. The zero-order valence-electron chi connectivity index (χ0n) is 14.5. The van der Waals surface area contributed by atoms with Crippen LogP contribution in [0.25, 0.3) is 0 Å². The molecule has 1 aliphatic carbocycles. The molecule has 0 bridgehead atoms. The van der Waals surface area contributed by atoms with E-state index in [4.69, 9.17) is 5.11 Å². The van der Waals surface area contributed by atoms with Crippen molar-refractivity contribution in [1.82, 2.24) is 10.6 Å². The molecule has 2 unspecified atom stereocenters. The summed E-state index contributed by atoms with van der Waals surface area (Å²) in [6, 6.07) is 8.82. The number of hydrogen-bond donors (Lipinski definition) is 4. The third-order valence-electron chi connectivity index (χ3n) is 4.77. The molecule has 1 aromatic rings. The van der Waals surface area contributed by atoms with E-state index in [-0.39, 0.29) is 31.1 Å². The standard InChI is InChI=1S/C19H28N2O4/c22-13-17(12-15-7-4-8-15)21-19(25)20-16(9-10-18(23)24)11-14-5-2-1-3-6-14/h1-3,5-6,15-17,22H,4,7-13H2,(H,23,24)(H2,20,21,25). The predicted molar refractivity (Wildman–Crippen MR) is 95.3 cm³/mol. The molecule has 2 amide bonds. The van der Waals surface area contributed by atoms with E-state index in [1.165, 1.54) is 6.42 Å². The van der Waals surface area contributed by atoms with Crippen molar-refractivity contribution in [3.63, 3.8) is 0 Å². The number of carbonyl (C=O) groups is 2. The minimum Gasteiger partial charge on any atom is -0.481 e. The molecule has 1 aliphatic rings. The van der Waals surface area contributed by atoms with Crippen LogP contribution in [0.4, 0.5) is 4.79 Å². The first kappa shape index (κ1) is 19.2. The van der Waals surface area contributed by atoms with Crippen molar-refractivity contribution in [2.45, 2.75) is 57.0 Å². The highest BCUT2D eigenvalue weighted by Crippen LogP contribution is 2.30. The molecule has 0 aromatic heterocycles. The fraction of sp³-hybridized carbons (Fsp3) is 0.579. The Hall–Kier alpha value is -2.08. The van der Waals surface area contributed by atoms with Crippen molar-refractivity contribution < 1.29 is 19.8 Å². The van der Waals surface area contributed by atoms with Gasteiger partial charge in [0.1, 0.15) is 0 Å². The van der Waals surface area contributed by atoms with E-state index in [1.54, 1.807) is 0 Å². The maximum atomic E-state index is 12.3. The number of benzene rings is 1. The quantitative estimate of drug-likeness (QED) is 0.521. The van der Waals surface area contributed by atoms with E-state index in [1.807, 2.05) is 30.3 Å². The van der Waals surface area contributed by atoms with Crippen molar-refractivity contribution in [1.29, 1.82) is 0 Å². The average molecular weight is 348 g/mol. The maximum absolute atomic E-state index is 12.3. The summed E-state index contributed by atoms with van der Waals surface area (Å²) < 4.78 is 0. The van der Waals surface area contributed by atoms with Crippen LogP contribution >= 0.6 is 0 Å². The van der Waals surface area contributed by atoms with Gasteiger partial charge < -0.3 is 20.8 Å². The number of aliphatic hydroxyl groups is 1. The number of urea groups is 1. The summed E-state index contributed by atoms with van der Waals surface area (Å²) in [5.74, 6) is -0.289. The van der Waals surface area contributed by atoms with Crippen LogP contribution in [0.1, 0.15) is 44.1 Å². The Bertz CT molecular complexity index is 546. The Morgan fingerprint density at radius 3 is 2.36 bits per heavy atom. The van der Waals surface area contributed by atoms with Gasteiger partial charge in [-0.25, -0.2) is 4.79 Å². The predicted octanol–water partition coefficient (Wildman–Crippen LogP) is 2.31. The summed E-state index contributed by atoms with van der Waals surface area (Å²) in [6.07, 6.45) is 5.29. The molecule has 0 heterocycles. The van der Waals surface area contributed by atoms with Crippen molar-refractivity contribution in [2.75, 3.05) is 6.61 Å². The van der Waals surface area contributed by atoms with Crippen LogP contribution in [-0.2, 0) is 11.2 Å². The van der Waals surface area contributed by atoms with Crippen LogP contribution in [0.3, 0.4) is 0 Å². The largest absolute Gasteiger partial charge is 0.481 e. The number of aliphatic hydroxyl groups excluding tert-OH is 1. The van der Waals surface area contributed by atoms with Gasteiger partial charge in [0.2, 0.25) is 0 Å². The Balaban J connectivity index is 1.86. The molecule has 0 saturated heterocycles. The van der Waals surface area contributed by atoms with Crippen molar-refractivity contribution in [3.8, 4) is 0 Å². The number of aliphatic carboxylic acids is 1. The lowest BCUT2D eigenvalue weighted by atomic mass is 9.81. The first-order chi connectivity index (χ1) is 12.1. The van der Waals surface area contributed by atoms with Crippen LogP contribution < -0.4 is 10.6 Å². The molecule has 1 aromatic carbocycles. The lowest BCUT2D eigenvalue weighted by Gasteiger charge is -2.29. The first-order valence-electron chi connectivity index (χ1n) is 9.00. The minimum atomic E-state index is -0.876. The summed E-state index contributed by atoms with van der Waals surface area (Å²) in [5.41, 5.74) is 1.05. The lowest BCUT2D eigenvalue weighted by Crippen LogP contribution is -2.49. The number of carbonyl (C=O) groups excluding carboxylic acids is 1. The molecule has 2 atom stereocenters. The summed E-state index contributed by atoms with van der Waals surface area (Å²) in [6.45, 7) is -0.0810. The van der Waals surface area contributed by atoms with Crippen LogP contribution in [0.2, 0.25) is 0 Å². The molecule has 0 spiro atoms. The number of hydrogen-bond acceptors (Lipinski definition) is 3. The molecule has 0 aliphatic heterocycles. The molecule has 25 heavy (non-hydrogen) atoms. The fourth-order valence-electron chi connectivity index (χ4n) is 3.14. The van der Waals surface area contributed by atoms with E-state index in [0.717, 1.165) is 24.8 Å². The Morgan fingerprint density at radius 1 is 1.12 bits per heavy atom. The zero-order chi connectivity index (χ0) is 18.1. The van der Waals surface area contributed by atoms with E-state index >= 15 is 0 Å². The highest BCUT2D eigenvalue weighted by atomic mass is 16.4. The normalized spacial score (nSPS) is 16.5. The van der Waals surface area contributed by atoms with E-state index in [2.05, 4.69) is 10.6 Å². The summed E-state index contributed by atoms with van der Waals surface area (Å²) in [7, 11) is 0.